The molecule has 6 heteroatoms. The number of aromatic nitrogens is 2. The number of aliphatic hydroxyl groups excluding tert-OH is 1. The molecule has 0 fully saturated rings. The topological polar surface area (TPSA) is 38.0 Å². The SMILES string of the molecule is Cn1ccnc1C(O)c1ccccc1C(F)(F)F. The van der Waals surface area contributed by atoms with Gasteiger partial charge < -0.3 is 9.67 Å². The van der Waals surface area contributed by atoms with E-state index in [0.29, 0.717) is 0 Å². The number of benzene rings is 1. The van der Waals surface area contributed by atoms with Crippen LogP contribution >= 0.6 is 0 Å². The highest BCUT2D eigenvalue weighted by atomic mass is 19.4. The Bertz CT molecular complexity index is 548. The van der Waals surface area contributed by atoms with Crippen molar-refractivity contribution in [2.75, 3.05) is 0 Å². The fraction of sp³-hybridized carbons (Fsp3) is 0.250. The first-order chi connectivity index (χ1) is 8.41. The summed E-state index contributed by atoms with van der Waals surface area (Å²) < 4.78 is 39.9. The first-order valence-corrected chi connectivity index (χ1v) is 5.22. The van der Waals surface area contributed by atoms with E-state index < -0.39 is 17.8 Å². The summed E-state index contributed by atoms with van der Waals surface area (Å²) >= 11 is 0. The molecule has 96 valence electrons. The van der Waals surface area contributed by atoms with E-state index >= 15 is 0 Å². The number of hydrogen-bond donors (Lipinski definition) is 1. The van der Waals surface area contributed by atoms with Gasteiger partial charge in [0.2, 0.25) is 0 Å². The number of nitrogens with zero attached hydrogens (tertiary/aromatic N) is 2. The molecule has 1 unspecified atom stereocenters. The van der Waals surface area contributed by atoms with Gasteiger partial charge in [0.15, 0.2) is 0 Å². The number of aryl methyl sites for hydroxylation is 1. The van der Waals surface area contributed by atoms with Crippen LogP contribution in [0.3, 0.4) is 0 Å². The van der Waals surface area contributed by atoms with E-state index in [1.54, 1.807) is 13.2 Å². The molecule has 0 saturated carbocycles. The average molecular weight is 256 g/mol. The predicted molar refractivity (Wildman–Crippen MR) is 58.7 cm³/mol. The minimum Gasteiger partial charge on any atom is -0.380 e. The molecule has 1 N–H and O–H groups in total. The van der Waals surface area contributed by atoms with Crippen molar-refractivity contribution < 1.29 is 18.3 Å². The third kappa shape index (κ3) is 2.24. The Morgan fingerprint density at radius 3 is 2.50 bits per heavy atom. The van der Waals surface area contributed by atoms with Gasteiger partial charge in [-0.3, -0.25) is 0 Å². The highest BCUT2D eigenvalue weighted by molar-refractivity contribution is 5.34. The van der Waals surface area contributed by atoms with Crippen LogP contribution in [0.15, 0.2) is 36.7 Å². The van der Waals surface area contributed by atoms with Crippen LogP contribution in [0.4, 0.5) is 13.2 Å². The second-order valence-corrected chi connectivity index (χ2v) is 3.88. The predicted octanol–water partition coefficient (Wildman–Crippen LogP) is 2.52. The van der Waals surface area contributed by atoms with Gasteiger partial charge in [-0.25, -0.2) is 4.98 Å². The molecule has 0 aliphatic rings. The van der Waals surface area contributed by atoms with Crippen molar-refractivity contribution in [3.8, 4) is 0 Å². The molecule has 18 heavy (non-hydrogen) atoms. The zero-order chi connectivity index (χ0) is 13.3. The Kier molecular flexibility index (Phi) is 3.13. The van der Waals surface area contributed by atoms with Crippen LogP contribution in [-0.2, 0) is 13.2 Å². The van der Waals surface area contributed by atoms with Crippen molar-refractivity contribution in [2.24, 2.45) is 7.05 Å². The van der Waals surface area contributed by atoms with Gasteiger partial charge in [-0.2, -0.15) is 13.2 Å². The van der Waals surface area contributed by atoms with Crippen molar-refractivity contribution in [1.29, 1.82) is 0 Å². The molecule has 0 radical (unpaired) electrons. The average Bonchev–Trinajstić information content (AvgIpc) is 2.73. The van der Waals surface area contributed by atoms with Crippen molar-refractivity contribution in [3.05, 3.63) is 53.6 Å². The maximum atomic E-state index is 12.8. The number of halogens is 3. The monoisotopic (exact) mass is 256 g/mol. The van der Waals surface area contributed by atoms with Crippen molar-refractivity contribution in [1.82, 2.24) is 9.55 Å². The fourth-order valence-corrected chi connectivity index (χ4v) is 1.77. The molecule has 1 heterocycles. The van der Waals surface area contributed by atoms with E-state index in [4.69, 9.17) is 0 Å². The third-order valence-electron chi connectivity index (χ3n) is 2.66. The van der Waals surface area contributed by atoms with Crippen molar-refractivity contribution in [2.45, 2.75) is 12.3 Å². The molecule has 0 spiro atoms. The summed E-state index contributed by atoms with van der Waals surface area (Å²) in [4.78, 5) is 3.86. The van der Waals surface area contributed by atoms with E-state index in [1.165, 1.54) is 29.0 Å². The van der Waals surface area contributed by atoms with Crippen LogP contribution in [0.5, 0.6) is 0 Å². The Labute approximate surface area is 102 Å². The summed E-state index contributed by atoms with van der Waals surface area (Å²) in [6.45, 7) is 0. The molecule has 1 aromatic carbocycles. The first kappa shape index (κ1) is 12.6. The largest absolute Gasteiger partial charge is 0.416 e. The normalized spacial score (nSPS) is 13.6. The number of aliphatic hydroxyl groups is 1. The lowest BCUT2D eigenvalue weighted by atomic mass is 10.0. The zero-order valence-electron chi connectivity index (χ0n) is 9.52. The molecule has 0 aliphatic heterocycles. The van der Waals surface area contributed by atoms with Gasteiger partial charge in [-0.1, -0.05) is 18.2 Å². The molecular formula is C12H11F3N2O. The minimum atomic E-state index is -4.50. The van der Waals surface area contributed by atoms with Crippen LogP contribution in [0.1, 0.15) is 23.1 Å². The molecule has 0 aliphatic carbocycles. The van der Waals surface area contributed by atoms with Crippen LogP contribution < -0.4 is 0 Å². The molecule has 2 rings (SSSR count). The number of imidazole rings is 1. The molecule has 1 aromatic heterocycles. The van der Waals surface area contributed by atoms with Gasteiger partial charge in [0.25, 0.3) is 0 Å². The van der Waals surface area contributed by atoms with Gasteiger partial charge in [0.05, 0.1) is 5.56 Å². The van der Waals surface area contributed by atoms with Gasteiger partial charge >= 0.3 is 6.18 Å². The molecule has 0 bridgehead atoms. The van der Waals surface area contributed by atoms with Crippen LogP contribution in [0, 0.1) is 0 Å². The number of alkyl halides is 3. The van der Waals surface area contributed by atoms with E-state index in [0.717, 1.165) is 6.07 Å². The smallest absolute Gasteiger partial charge is 0.380 e. The highest BCUT2D eigenvalue weighted by Crippen LogP contribution is 2.35. The second kappa shape index (κ2) is 4.45. The van der Waals surface area contributed by atoms with E-state index in [-0.39, 0.29) is 11.4 Å². The van der Waals surface area contributed by atoms with Crippen LogP contribution in [0.25, 0.3) is 0 Å². The van der Waals surface area contributed by atoms with Gasteiger partial charge in [-0.05, 0) is 6.07 Å². The molecule has 3 nitrogen and oxygen atoms in total. The highest BCUT2D eigenvalue weighted by Gasteiger charge is 2.35. The lowest BCUT2D eigenvalue weighted by Gasteiger charge is -2.17. The van der Waals surface area contributed by atoms with E-state index in [1.807, 2.05) is 0 Å². The third-order valence-corrected chi connectivity index (χ3v) is 2.66. The number of rotatable bonds is 2. The Morgan fingerprint density at radius 1 is 1.28 bits per heavy atom. The van der Waals surface area contributed by atoms with Gasteiger partial charge in [-0.15, -0.1) is 0 Å². The van der Waals surface area contributed by atoms with Crippen molar-refractivity contribution >= 4 is 0 Å². The van der Waals surface area contributed by atoms with Crippen molar-refractivity contribution in [3.63, 3.8) is 0 Å². The summed E-state index contributed by atoms with van der Waals surface area (Å²) in [6, 6.07) is 4.94. The number of hydrogen-bond acceptors (Lipinski definition) is 2. The summed E-state index contributed by atoms with van der Waals surface area (Å²) in [6.07, 6.45) is -2.91. The molecule has 2 aromatic rings. The summed E-state index contributed by atoms with van der Waals surface area (Å²) in [5, 5.41) is 10.0. The quantitative estimate of drug-likeness (QED) is 0.896. The molecule has 1 atom stereocenters. The minimum absolute atomic E-state index is 0.173. The maximum absolute atomic E-state index is 12.8. The molecular weight excluding hydrogens is 245 g/mol. The Morgan fingerprint density at radius 2 is 1.94 bits per heavy atom. The fourth-order valence-electron chi connectivity index (χ4n) is 1.77. The molecule has 0 amide bonds. The summed E-state index contributed by atoms with van der Waals surface area (Å²) in [5.74, 6) is 0.173. The van der Waals surface area contributed by atoms with E-state index in [2.05, 4.69) is 4.98 Å². The summed E-state index contributed by atoms with van der Waals surface area (Å²) in [5.41, 5.74) is -1.04. The standard InChI is InChI=1S/C12H11F3N2O/c1-17-7-6-16-11(17)10(18)8-4-2-3-5-9(8)12(13,14)15/h2-7,10,18H,1H3. The van der Waals surface area contributed by atoms with Crippen LogP contribution in [0.2, 0.25) is 0 Å². The lowest BCUT2D eigenvalue weighted by Crippen LogP contribution is -2.14. The zero-order valence-corrected chi connectivity index (χ0v) is 9.52. The summed E-state index contributed by atoms with van der Waals surface area (Å²) in [7, 11) is 1.61. The maximum Gasteiger partial charge on any atom is 0.416 e. The van der Waals surface area contributed by atoms with Gasteiger partial charge in [0, 0.05) is 25.0 Å². The van der Waals surface area contributed by atoms with Crippen LogP contribution in [-0.4, -0.2) is 14.7 Å². The lowest BCUT2D eigenvalue weighted by molar-refractivity contribution is -0.139. The second-order valence-electron chi connectivity index (χ2n) is 3.88. The Hall–Kier alpha value is -1.82. The molecule has 0 saturated heterocycles. The van der Waals surface area contributed by atoms with Gasteiger partial charge in [0.1, 0.15) is 11.9 Å². The Balaban J connectivity index is 2.49. The van der Waals surface area contributed by atoms with E-state index in [9.17, 15) is 18.3 Å². The first-order valence-electron chi connectivity index (χ1n) is 5.22.